The molecule has 2 rings (SSSR count). The number of anilines is 1. The molecule has 146 valence electrons. The molecule has 1 aromatic carbocycles. The molecule has 0 aliphatic carbocycles. The number of hydrogen-bond acceptors (Lipinski definition) is 4. The largest absolute Gasteiger partial charge is 0.416 e. The van der Waals surface area contributed by atoms with Crippen LogP contribution in [0, 0.1) is 0 Å². The molecule has 0 aromatic heterocycles. The fraction of sp³-hybridized carbons (Fsp3) is 0.562. The first-order chi connectivity index (χ1) is 12.0. The van der Waals surface area contributed by atoms with Gasteiger partial charge in [0.2, 0.25) is 15.9 Å². The van der Waals surface area contributed by atoms with E-state index in [1.807, 2.05) is 4.90 Å². The van der Waals surface area contributed by atoms with Gasteiger partial charge in [-0.15, -0.1) is 0 Å². The number of nitrogens with one attached hydrogen (secondary N) is 2. The van der Waals surface area contributed by atoms with Gasteiger partial charge in [-0.25, -0.2) is 13.1 Å². The van der Waals surface area contributed by atoms with Gasteiger partial charge in [-0.05, 0) is 44.0 Å². The van der Waals surface area contributed by atoms with E-state index in [-0.39, 0.29) is 11.9 Å². The SMILES string of the molecule is CC(C(=O)Nc1ccc(C(F)(F)F)cc1)N1CCC(NS(C)(=O)=O)CC1. The van der Waals surface area contributed by atoms with E-state index in [4.69, 9.17) is 0 Å². The van der Waals surface area contributed by atoms with E-state index in [1.165, 1.54) is 12.1 Å². The lowest BCUT2D eigenvalue weighted by Crippen LogP contribution is -2.50. The van der Waals surface area contributed by atoms with Crippen LogP contribution in [-0.4, -0.2) is 50.7 Å². The minimum absolute atomic E-state index is 0.147. The number of alkyl halides is 3. The lowest BCUT2D eigenvalue weighted by atomic mass is 10.0. The molecule has 0 spiro atoms. The number of carbonyl (C=O) groups excluding carboxylic acids is 1. The van der Waals surface area contributed by atoms with Crippen molar-refractivity contribution in [3.05, 3.63) is 29.8 Å². The van der Waals surface area contributed by atoms with Crippen molar-refractivity contribution in [1.29, 1.82) is 0 Å². The molecule has 0 bridgehead atoms. The van der Waals surface area contributed by atoms with Crippen LogP contribution in [0.15, 0.2) is 24.3 Å². The Bertz CT molecular complexity index is 727. The van der Waals surface area contributed by atoms with Crippen LogP contribution in [0.3, 0.4) is 0 Å². The molecule has 1 aromatic rings. The van der Waals surface area contributed by atoms with Crippen LogP contribution >= 0.6 is 0 Å². The van der Waals surface area contributed by atoms with E-state index in [0.29, 0.717) is 31.6 Å². The summed E-state index contributed by atoms with van der Waals surface area (Å²) in [5.41, 5.74) is -0.479. The molecule has 1 aliphatic rings. The molecule has 26 heavy (non-hydrogen) atoms. The second-order valence-corrected chi connectivity index (χ2v) is 8.22. The highest BCUT2D eigenvalue weighted by molar-refractivity contribution is 7.88. The monoisotopic (exact) mass is 393 g/mol. The zero-order valence-electron chi connectivity index (χ0n) is 14.5. The van der Waals surface area contributed by atoms with Gasteiger partial charge < -0.3 is 5.32 Å². The first-order valence-electron chi connectivity index (χ1n) is 8.15. The number of amides is 1. The lowest BCUT2D eigenvalue weighted by Gasteiger charge is -2.35. The topological polar surface area (TPSA) is 78.5 Å². The zero-order chi connectivity index (χ0) is 19.5. The first kappa shape index (κ1) is 20.7. The number of rotatable bonds is 5. The van der Waals surface area contributed by atoms with Crippen molar-refractivity contribution in [2.24, 2.45) is 0 Å². The van der Waals surface area contributed by atoms with Gasteiger partial charge >= 0.3 is 6.18 Å². The molecule has 1 fully saturated rings. The second-order valence-electron chi connectivity index (χ2n) is 6.44. The Morgan fingerprint density at radius 1 is 1.19 bits per heavy atom. The third kappa shape index (κ3) is 5.96. The van der Waals surface area contributed by atoms with Crippen molar-refractivity contribution in [1.82, 2.24) is 9.62 Å². The Morgan fingerprint density at radius 3 is 2.19 bits per heavy atom. The number of hydrogen-bond donors (Lipinski definition) is 2. The molecule has 0 radical (unpaired) electrons. The summed E-state index contributed by atoms with van der Waals surface area (Å²) in [6.45, 7) is 2.81. The molecule has 6 nitrogen and oxygen atoms in total. The summed E-state index contributed by atoms with van der Waals surface area (Å²) in [6.07, 6.45) is -2.13. The van der Waals surface area contributed by atoms with Gasteiger partial charge in [0.1, 0.15) is 0 Å². The summed E-state index contributed by atoms with van der Waals surface area (Å²) in [5.74, 6) is -0.320. The van der Waals surface area contributed by atoms with Gasteiger partial charge in [-0.3, -0.25) is 9.69 Å². The standard InChI is InChI=1S/C16H22F3N3O3S/c1-11(22-9-7-14(8-10-22)21-26(2,24)25)15(23)20-13-5-3-12(4-6-13)16(17,18)19/h3-6,11,14,21H,7-10H2,1-2H3,(H,20,23). The van der Waals surface area contributed by atoms with E-state index < -0.39 is 27.8 Å². The molecular weight excluding hydrogens is 371 g/mol. The maximum atomic E-state index is 12.6. The maximum absolute atomic E-state index is 12.6. The van der Waals surface area contributed by atoms with Crippen LogP contribution < -0.4 is 10.0 Å². The fourth-order valence-electron chi connectivity index (χ4n) is 2.86. The minimum Gasteiger partial charge on any atom is -0.325 e. The Balaban J connectivity index is 1.88. The maximum Gasteiger partial charge on any atom is 0.416 e. The Morgan fingerprint density at radius 2 is 1.73 bits per heavy atom. The molecule has 10 heteroatoms. The van der Waals surface area contributed by atoms with Crippen LogP contribution in [0.25, 0.3) is 0 Å². The molecule has 0 saturated carbocycles. The van der Waals surface area contributed by atoms with Crippen LogP contribution in [0.5, 0.6) is 0 Å². The second kappa shape index (κ2) is 7.93. The quantitative estimate of drug-likeness (QED) is 0.803. The molecule has 1 amide bonds. The van der Waals surface area contributed by atoms with Crippen molar-refractivity contribution in [3.8, 4) is 0 Å². The van der Waals surface area contributed by atoms with Crippen molar-refractivity contribution in [2.75, 3.05) is 24.7 Å². The summed E-state index contributed by atoms with van der Waals surface area (Å²) in [6, 6.07) is 3.65. The Kier molecular flexibility index (Phi) is 6.30. The summed E-state index contributed by atoms with van der Waals surface area (Å²) in [7, 11) is -3.26. The van der Waals surface area contributed by atoms with E-state index in [2.05, 4.69) is 10.0 Å². The predicted octanol–water partition coefficient (Wildman–Crippen LogP) is 2.05. The number of likely N-dealkylation sites (tertiary alicyclic amines) is 1. The highest BCUT2D eigenvalue weighted by atomic mass is 32.2. The molecule has 1 aliphatic heterocycles. The van der Waals surface area contributed by atoms with Crippen LogP contribution in [-0.2, 0) is 21.0 Å². The van der Waals surface area contributed by atoms with E-state index in [0.717, 1.165) is 18.4 Å². The van der Waals surface area contributed by atoms with Gasteiger partial charge in [-0.2, -0.15) is 13.2 Å². The summed E-state index contributed by atoms with van der Waals surface area (Å²) in [4.78, 5) is 14.2. The number of nitrogens with zero attached hydrogens (tertiary/aromatic N) is 1. The Labute approximate surface area is 150 Å². The van der Waals surface area contributed by atoms with Crippen LogP contribution in [0.1, 0.15) is 25.3 Å². The number of benzene rings is 1. The average Bonchev–Trinajstić information content (AvgIpc) is 2.53. The van der Waals surface area contributed by atoms with Gasteiger partial charge in [0, 0.05) is 24.8 Å². The molecule has 1 unspecified atom stereocenters. The van der Waals surface area contributed by atoms with Gasteiger partial charge in [-0.1, -0.05) is 0 Å². The third-order valence-corrected chi connectivity index (χ3v) is 5.08. The highest BCUT2D eigenvalue weighted by Gasteiger charge is 2.30. The zero-order valence-corrected chi connectivity index (χ0v) is 15.3. The van der Waals surface area contributed by atoms with E-state index in [1.54, 1.807) is 6.92 Å². The number of halogens is 3. The van der Waals surface area contributed by atoms with E-state index in [9.17, 15) is 26.4 Å². The molecule has 2 N–H and O–H groups in total. The van der Waals surface area contributed by atoms with E-state index >= 15 is 0 Å². The molecule has 1 atom stereocenters. The summed E-state index contributed by atoms with van der Waals surface area (Å²) < 4.78 is 62.7. The normalized spacial score (nSPS) is 18.5. The van der Waals surface area contributed by atoms with Gasteiger partial charge in [0.25, 0.3) is 0 Å². The summed E-state index contributed by atoms with van der Waals surface area (Å²) in [5, 5.41) is 2.61. The minimum atomic E-state index is -4.42. The van der Waals surface area contributed by atoms with Gasteiger partial charge in [0.15, 0.2) is 0 Å². The number of carbonyl (C=O) groups is 1. The summed E-state index contributed by atoms with van der Waals surface area (Å²) >= 11 is 0. The predicted molar refractivity (Wildman–Crippen MR) is 92.1 cm³/mol. The fourth-order valence-corrected chi connectivity index (χ4v) is 3.70. The van der Waals surface area contributed by atoms with Crippen molar-refractivity contribution in [3.63, 3.8) is 0 Å². The number of piperidine rings is 1. The Hall–Kier alpha value is -1.65. The third-order valence-electron chi connectivity index (χ3n) is 4.32. The lowest BCUT2D eigenvalue weighted by molar-refractivity contribution is -0.137. The molecule has 1 saturated heterocycles. The number of sulfonamides is 1. The highest BCUT2D eigenvalue weighted by Crippen LogP contribution is 2.29. The van der Waals surface area contributed by atoms with Crippen LogP contribution in [0.2, 0.25) is 0 Å². The first-order valence-corrected chi connectivity index (χ1v) is 10.0. The molecule has 1 heterocycles. The average molecular weight is 393 g/mol. The van der Waals surface area contributed by atoms with Crippen molar-refractivity contribution in [2.45, 2.75) is 38.0 Å². The van der Waals surface area contributed by atoms with Crippen molar-refractivity contribution < 1.29 is 26.4 Å². The smallest absolute Gasteiger partial charge is 0.325 e. The van der Waals surface area contributed by atoms with Gasteiger partial charge in [0.05, 0.1) is 17.9 Å². The molecular formula is C16H22F3N3O3S. The van der Waals surface area contributed by atoms with Crippen LogP contribution in [0.4, 0.5) is 18.9 Å². The van der Waals surface area contributed by atoms with Crippen molar-refractivity contribution >= 4 is 21.6 Å².